The van der Waals surface area contributed by atoms with Crippen molar-refractivity contribution in [3.8, 4) is 0 Å². The number of nitrogens with zero attached hydrogens (tertiary/aromatic N) is 5. The maximum absolute atomic E-state index is 13.3. The number of carbonyl (C=O) groups is 1. The zero-order valence-corrected chi connectivity index (χ0v) is 17.0. The van der Waals surface area contributed by atoms with E-state index in [9.17, 15) is 9.18 Å². The van der Waals surface area contributed by atoms with E-state index in [1.165, 1.54) is 12.1 Å². The first kappa shape index (κ1) is 20.2. The number of piperazine rings is 1. The van der Waals surface area contributed by atoms with Gasteiger partial charge in [0.2, 0.25) is 5.91 Å². The third-order valence-corrected chi connectivity index (χ3v) is 5.05. The van der Waals surface area contributed by atoms with Crippen LogP contribution in [0, 0.1) is 12.7 Å². The summed E-state index contributed by atoms with van der Waals surface area (Å²) in [6.07, 6.45) is 0.801. The maximum Gasteiger partial charge on any atom is 0.244 e. The van der Waals surface area contributed by atoms with Gasteiger partial charge in [0, 0.05) is 44.4 Å². The van der Waals surface area contributed by atoms with Crippen LogP contribution in [-0.4, -0.2) is 65.9 Å². The van der Waals surface area contributed by atoms with E-state index in [2.05, 4.69) is 14.9 Å². The molecule has 0 N–H and O–H groups in total. The molecule has 0 unspecified atom stereocenters. The summed E-state index contributed by atoms with van der Waals surface area (Å²) < 4.78 is 13.3. The van der Waals surface area contributed by atoms with Crippen LogP contribution in [-0.2, 0) is 11.2 Å². The minimum Gasteiger partial charge on any atom is -0.353 e. The fourth-order valence-corrected chi connectivity index (χ4v) is 3.57. The Kier molecular flexibility index (Phi) is 6.24. The molecule has 6 nitrogen and oxygen atoms in total. The van der Waals surface area contributed by atoms with Gasteiger partial charge in [-0.15, -0.1) is 0 Å². The summed E-state index contributed by atoms with van der Waals surface area (Å²) in [5.41, 5.74) is 1.77. The van der Waals surface area contributed by atoms with Crippen LogP contribution in [0.25, 0.3) is 0 Å². The Labute approximate surface area is 166 Å². The highest BCUT2D eigenvalue weighted by Gasteiger charge is 2.30. The summed E-state index contributed by atoms with van der Waals surface area (Å²) in [7, 11) is 3.75. The second-order valence-electron chi connectivity index (χ2n) is 7.37. The zero-order chi connectivity index (χ0) is 20.3. The Morgan fingerprint density at radius 3 is 2.36 bits per heavy atom. The van der Waals surface area contributed by atoms with Crippen LogP contribution >= 0.6 is 0 Å². The second kappa shape index (κ2) is 8.65. The Balaban J connectivity index is 1.70. The number of likely N-dealkylation sites (N-methyl/N-ethyl adjacent to an activating group) is 1. The van der Waals surface area contributed by atoms with Crippen LogP contribution in [0.4, 0.5) is 10.2 Å². The summed E-state index contributed by atoms with van der Waals surface area (Å²) in [6, 6.07) is 7.76. The molecule has 1 aromatic heterocycles. The van der Waals surface area contributed by atoms with E-state index < -0.39 is 6.04 Å². The highest BCUT2D eigenvalue weighted by Crippen LogP contribution is 2.23. The van der Waals surface area contributed by atoms with E-state index in [0.717, 1.165) is 42.4 Å². The van der Waals surface area contributed by atoms with E-state index >= 15 is 0 Å². The summed E-state index contributed by atoms with van der Waals surface area (Å²) in [5, 5.41) is 0. The number of halogens is 1. The van der Waals surface area contributed by atoms with Crippen molar-refractivity contribution in [2.75, 3.05) is 45.2 Å². The predicted molar refractivity (Wildman–Crippen MR) is 108 cm³/mol. The highest BCUT2D eigenvalue weighted by atomic mass is 19.1. The van der Waals surface area contributed by atoms with Crippen LogP contribution < -0.4 is 4.90 Å². The Hall–Kier alpha value is -2.54. The van der Waals surface area contributed by atoms with Gasteiger partial charge in [0.05, 0.1) is 0 Å². The number of amides is 1. The van der Waals surface area contributed by atoms with Crippen LogP contribution in [0.2, 0.25) is 0 Å². The first-order valence-electron chi connectivity index (χ1n) is 9.69. The molecule has 7 heteroatoms. The molecule has 28 heavy (non-hydrogen) atoms. The lowest BCUT2D eigenvalue weighted by molar-refractivity contribution is -0.136. The van der Waals surface area contributed by atoms with Gasteiger partial charge < -0.3 is 9.80 Å². The largest absolute Gasteiger partial charge is 0.353 e. The van der Waals surface area contributed by atoms with Crippen molar-refractivity contribution in [2.45, 2.75) is 26.3 Å². The third-order valence-electron chi connectivity index (χ3n) is 5.05. The number of carbonyl (C=O) groups excluding carboxylic acids is 1. The number of aryl methyl sites for hydroxylation is 2. The van der Waals surface area contributed by atoms with Gasteiger partial charge in [-0.25, -0.2) is 14.4 Å². The molecule has 1 fully saturated rings. The molecule has 0 aliphatic carbocycles. The van der Waals surface area contributed by atoms with Crippen molar-refractivity contribution >= 4 is 11.7 Å². The minimum absolute atomic E-state index is 0.0457. The summed E-state index contributed by atoms with van der Waals surface area (Å²) in [5.74, 6) is 1.52. The fourth-order valence-electron chi connectivity index (χ4n) is 3.57. The number of rotatable bonds is 5. The monoisotopic (exact) mass is 385 g/mol. The first-order valence-corrected chi connectivity index (χ1v) is 9.69. The van der Waals surface area contributed by atoms with Gasteiger partial charge in [-0.05, 0) is 38.7 Å². The average Bonchev–Trinajstić information content (AvgIpc) is 2.69. The molecule has 1 aliphatic rings. The molecular formula is C21H28FN5O. The van der Waals surface area contributed by atoms with Crippen molar-refractivity contribution < 1.29 is 9.18 Å². The van der Waals surface area contributed by atoms with Crippen LogP contribution in [0.3, 0.4) is 0 Å². The van der Waals surface area contributed by atoms with Gasteiger partial charge in [-0.1, -0.05) is 19.1 Å². The van der Waals surface area contributed by atoms with Crippen LogP contribution in [0.5, 0.6) is 0 Å². The maximum atomic E-state index is 13.3. The molecule has 0 bridgehead atoms. The fraction of sp³-hybridized carbons (Fsp3) is 0.476. The predicted octanol–water partition coefficient (Wildman–Crippen LogP) is 2.44. The minimum atomic E-state index is -0.417. The molecule has 3 rings (SSSR count). The lowest BCUT2D eigenvalue weighted by Gasteiger charge is -2.38. The molecule has 1 aromatic carbocycles. The normalized spacial score (nSPS) is 15.8. The molecule has 2 heterocycles. The smallest absolute Gasteiger partial charge is 0.244 e. The number of benzene rings is 1. The molecule has 1 aliphatic heterocycles. The molecular weight excluding hydrogens is 357 g/mol. The van der Waals surface area contributed by atoms with E-state index in [0.29, 0.717) is 13.1 Å². The number of hydrogen-bond donors (Lipinski definition) is 0. The standard InChI is InChI=1S/C21H28FN5O/c1-5-18-23-15(2)14-19(24-18)26-10-12-27(13-11-26)21(28)20(25(3)4)16-6-8-17(22)9-7-16/h6-9,14,20H,5,10-13H2,1-4H3/t20-/m1/s1. The van der Waals surface area contributed by atoms with Gasteiger partial charge in [0.25, 0.3) is 0 Å². The second-order valence-corrected chi connectivity index (χ2v) is 7.37. The van der Waals surface area contributed by atoms with E-state index in [4.69, 9.17) is 0 Å². The SMILES string of the molecule is CCc1nc(C)cc(N2CCN(C(=O)[C@@H](c3ccc(F)cc3)N(C)C)CC2)n1. The van der Waals surface area contributed by atoms with Crippen molar-refractivity contribution in [1.82, 2.24) is 19.8 Å². The average molecular weight is 385 g/mol. The van der Waals surface area contributed by atoms with Gasteiger partial charge in [0.1, 0.15) is 23.5 Å². The molecule has 0 radical (unpaired) electrons. The van der Waals surface area contributed by atoms with Crippen molar-refractivity contribution in [3.05, 3.63) is 53.2 Å². The van der Waals surface area contributed by atoms with Crippen LogP contribution in [0.1, 0.15) is 30.0 Å². The summed E-state index contributed by atoms with van der Waals surface area (Å²) in [6.45, 7) is 6.76. The third kappa shape index (κ3) is 4.47. The highest BCUT2D eigenvalue weighted by molar-refractivity contribution is 5.83. The topological polar surface area (TPSA) is 52.6 Å². The van der Waals surface area contributed by atoms with Gasteiger partial charge in [0.15, 0.2) is 0 Å². The lowest BCUT2D eigenvalue weighted by Crippen LogP contribution is -2.51. The molecule has 2 aromatic rings. The van der Waals surface area contributed by atoms with E-state index in [1.54, 1.807) is 12.1 Å². The quantitative estimate of drug-likeness (QED) is 0.791. The van der Waals surface area contributed by atoms with E-state index in [1.807, 2.05) is 43.8 Å². The van der Waals surface area contributed by atoms with Crippen molar-refractivity contribution in [2.24, 2.45) is 0 Å². The Morgan fingerprint density at radius 1 is 1.14 bits per heavy atom. The van der Waals surface area contributed by atoms with Crippen molar-refractivity contribution in [3.63, 3.8) is 0 Å². The summed E-state index contributed by atoms with van der Waals surface area (Å²) in [4.78, 5) is 28.2. The summed E-state index contributed by atoms with van der Waals surface area (Å²) >= 11 is 0. The molecule has 1 atom stereocenters. The van der Waals surface area contributed by atoms with Crippen molar-refractivity contribution in [1.29, 1.82) is 0 Å². The molecule has 1 saturated heterocycles. The molecule has 1 amide bonds. The Bertz CT molecular complexity index is 816. The van der Waals surface area contributed by atoms with E-state index in [-0.39, 0.29) is 11.7 Å². The number of hydrogen-bond acceptors (Lipinski definition) is 5. The van der Waals surface area contributed by atoms with Gasteiger partial charge in [-0.2, -0.15) is 0 Å². The lowest BCUT2D eigenvalue weighted by atomic mass is 10.0. The van der Waals surface area contributed by atoms with Crippen LogP contribution in [0.15, 0.2) is 30.3 Å². The molecule has 150 valence electrons. The number of aromatic nitrogens is 2. The first-order chi connectivity index (χ1) is 13.4. The Morgan fingerprint density at radius 2 is 1.79 bits per heavy atom. The van der Waals surface area contributed by atoms with Gasteiger partial charge >= 0.3 is 0 Å². The van der Waals surface area contributed by atoms with Gasteiger partial charge in [-0.3, -0.25) is 9.69 Å². The molecule has 0 saturated carbocycles. The molecule has 0 spiro atoms. The number of anilines is 1. The zero-order valence-electron chi connectivity index (χ0n) is 17.0.